The van der Waals surface area contributed by atoms with Crippen LogP contribution in [0.4, 0.5) is 0 Å². The van der Waals surface area contributed by atoms with E-state index in [1.165, 1.54) is 42.4 Å². The van der Waals surface area contributed by atoms with Gasteiger partial charge in [-0.2, -0.15) is 0 Å². The Morgan fingerprint density at radius 3 is 2.31 bits per heavy atom. The summed E-state index contributed by atoms with van der Waals surface area (Å²) >= 11 is 0. The van der Waals surface area contributed by atoms with Gasteiger partial charge in [-0.1, -0.05) is 55.2 Å². The molecule has 2 bridgehead atoms. The van der Waals surface area contributed by atoms with Gasteiger partial charge < -0.3 is 4.98 Å². The third-order valence-corrected chi connectivity index (χ3v) is 6.09. The van der Waals surface area contributed by atoms with Crippen molar-refractivity contribution in [3.05, 3.63) is 77.5 Å². The summed E-state index contributed by atoms with van der Waals surface area (Å²) in [4.78, 5) is 4.77. The Morgan fingerprint density at radius 2 is 1.62 bits per heavy atom. The molecule has 1 heterocycles. The third-order valence-electron chi connectivity index (χ3n) is 6.09. The number of aryl methyl sites for hydroxylation is 1. The standard InChI is InChI=1S/C24H22N.Ir/c1-16-13-24(25-15-23(16)17-5-3-2-4-6-17)20-11-12-21-18-7-9-19(10-8-18)22(21)14-20;/h2-6,12-15,18-19H,7-10H2,1H3;/q-1;. The van der Waals surface area contributed by atoms with Gasteiger partial charge in [-0.25, -0.2) is 0 Å². The fourth-order valence-electron chi connectivity index (χ4n) is 4.71. The van der Waals surface area contributed by atoms with Crippen LogP contribution in [0.2, 0.25) is 0 Å². The number of nitrogens with zero attached hydrogens (tertiary/aromatic N) is 1. The minimum Gasteiger partial charge on any atom is -0.304 e. The minimum absolute atomic E-state index is 0. The van der Waals surface area contributed by atoms with Gasteiger partial charge >= 0.3 is 0 Å². The van der Waals surface area contributed by atoms with Crippen LogP contribution in [0.5, 0.6) is 0 Å². The Kier molecular flexibility index (Phi) is 4.82. The Labute approximate surface area is 169 Å². The van der Waals surface area contributed by atoms with Gasteiger partial charge in [0.15, 0.2) is 0 Å². The van der Waals surface area contributed by atoms with E-state index in [9.17, 15) is 0 Å². The second kappa shape index (κ2) is 7.10. The van der Waals surface area contributed by atoms with E-state index in [0.29, 0.717) is 0 Å². The molecule has 0 aliphatic heterocycles. The van der Waals surface area contributed by atoms with Crippen molar-refractivity contribution in [1.82, 2.24) is 4.98 Å². The molecule has 1 aromatic heterocycles. The summed E-state index contributed by atoms with van der Waals surface area (Å²) in [5.41, 5.74) is 9.03. The maximum Gasteiger partial charge on any atom is 0.0242 e. The van der Waals surface area contributed by atoms with Crippen molar-refractivity contribution in [2.24, 2.45) is 0 Å². The monoisotopic (exact) mass is 517 g/mol. The summed E-state index contributed by atoms with van der Waals surface area (Å²) in [7, 11) is 0. The Morgan fingerprint density at radius 1 is 0.923 bits per heavy atom. The SMILES string of the molecule is Cc1cc(-c2[c-]cc3c(c2)C2CCC3CC2)ncc1-c1ccccc1.[Ir]. The molecule has 2 heteroatoms. The number of fused-ring (bicyclic) bond motifs is 2. The quantitative estimate of drug-likeness (QED) is 0.366. The van der Waals surface area contributed by atoms with Crippen molar-refractivity contribution in [3.63, 3.8) is 0 Å². The zero-order valence-electron chi connectivity index (χ0n) is 15.0. The van der Waals surface area contributed by atoms with E-state index in [1.807, 2.05) is 6.20 Å². The second-order valence-corrected chi connectivity index (χ2v) is 7.56. The molecule has 0 atom stereocenters. The van der Waals surface area contributed by atoms with Gasteiger partial charge in [0.2, 0.25) is 0 Å². The van der Waals surface area contributed by atoms with Crippen LogP contribution < -0.4 is 0 Å². The number of pyridine rings is 1. The van der Waals surface area contributed by atoms with Gasteiger partial charge in [0, 0.05) is 31.9 Å². The van der Waals surface area contributed by atoms with Gasteiger partial charge in [0.25, 0.3) is 0 Å². The molecule has 133 valence electrons. The zero-order chi connectivity index (χ0) is 16.8. The van der Waals surface area contributed by atoms with Crippen molar-refractivity contribution >= 4 is 0 Å². The first-order valence-electron chi connectivity index (χ1n) is 9.37. The van der Waals surface area contributed by atoms with E-state index < -0.39 is 0 Å². The molecular weight excluding hydrogens is 494 g/mol. The van der Waals surface area contributed by atoms with Crippen LogP contribution in [0.3, 0.4) is 0 Å². The molecule has 26 heavy (non-hydrogen) atoms. The number of rotatable bonds is 2. The number of hydrogen-bond acceptors (Lipinski definition) is 1. The van der Waals surface area contributed by atoms with Gasteiger partial charge in [0.05, 0.1) is 0 Å². The third kappa shape index (κ3) is 2.96. The molecule has 0 saturated heterocycles. The average Bonchev–Trinajstić information content (AvgIpc) is 2.69. The zero-order valence-corrected chi connectivity index (χ0v) is 17.4. The average molecular weight is 517 g/mol. The Hall–Kier alpha value is -1.76. The van der Waals surface area contributed by atoms with Crippen LogP contribution in [-0.4, -0.2) is 4.98 Å². The van der Waals surface area contributed by atoms with E-state index in [4.69, 9.17) is 4.98 Å². The van der Waals surface area contributed by atoms with Crippen molar-refractivity contribution in [2.45, 2.75) is 44.4 Å². The molecule has 3 aliphatic carbocycles. The summed E-state index contributed by atoms with van der Waals surface area (Å²) in [5, 5.41) is 0. The summed E-state index contributed by atoms with van der Waals surface area (Å²) in [6.07, 6.45) is 7.47. The number of aromatic nitrogens is 1. The Bertz CT molecular complexity index is 924. The summed E-state index contributed by atoms with van der Waals surface area (Å²) in [6.45, 7) is 2.17. The van der Waals surface area contributed by atoms with Crippen molar-refractivity contribution < 1.29 is 20.1 Å². The molecule has 1 fully saturated rings. The van der Waals surface area contributed by atoms with Crippen molar-refractivity contribution in [3.8, 4) is 22.4 Å². The predicted molar refractivity (Wildman–Crippen MR) is 103 cm³/mol. The first-order chi connectivity index (χ1) is 12.3. The molecule has 3 aromatic rings. The molecule has 0 N–H and O–H groups in total. The summed E-state index contributed by atoms with van der Waals surface area (Å²) in [6, 6.07) is 20.9. The second-order valence-electron chi connectivity index (χ2n) is 7.56. The summed E-state index contributed by atoms with van der Waals surface area (Å²) < 4.78 is 0. The van der Waals surface area contributed by atoms with Gasteiger partial charge in [-0.3, -0.25) is 0 Å². The number of hydrogen-bond donors (Lipinski definition) is 0. The van der Waals surface area contributed by atoms with Crippen LogP contribution in [0.15, 0.2) is 54.7 Å². The summed E-state index contributed by atoms with van der Waals surface area (Å²) in [5.74, 6) is 1.54. The molecule has 1 nitrogen and oxygen atoms in total. The van der Waals surface area contributed by atoms with E-state index in [-0.39, 0.29) is 20.1 Å². The molecular formula is C24H22IrN-. The smallest absolute Gasteiger partial charge is 0.0242 e. The maximum absolute atomic E-state index is 4.77. The minimum atomic E-state index is 0. The topological polar surface area (TPSA) is 12.9 Å². The van der Waals surface area contributed by atoms with Crippen LogP contribution in [0.25, 0.3) is 22.4 Å². The molecule has 6 rings (SSSR count). The van der Waals surface area contributed by atoms with Gasteiger partial charge in [0.1, 0.15) is 0 Å². The normalized spacial score (nSPS) is 20.3. The fraction of sp³-hybridized carbons (Fsp3) is 0.292. The van der Waals surface area contributed by atoms with E-state index in [1.54, 1.807) is 11.1 Å². The van der Waals surface area contributed by atoms with Crippen LogP contribution >= 0.6 is 0 Å². The van der Waals surface area contributed by atoms with Crippen LogP contribution in [-0.2, 0) is 20.1 Å². The van der Waals surface area contributed by atoms with Crippen LogP contribution in [0, 0.1) is 13.0 Å². The Balaban J connectivity index is 0.00000168. The molecule has 0 spiro atoms. The number of benzene rings is 2. The molecule has 1 saturated carbocycles. The molecule has 1 radical (unpaired) electrons. The molecule has 2 aromatic carbocycles. The van der Waals surface area contributed by atoms with E-state index >= 15 is 0 Å². The first-order valence-corrected chi connectivity index (χ1v) is 9.37. The predicted octanol–water partition coefficient (Wildman–Crippen LogP) is 6.28. The largest absolute Gasteiger partial charge is 0.304 e. The van der Waals surface area contributed by atoms with Crippen molar-refractivity contribution in [1.29, 1.82) is 0 Å². The maximum atomic E-state index is 4.77. The molecule has 0 amide bonds. The van der Waals surface area contributed by atoms with Gasteiger partial charge in [-0.15, -0.1) is 34.9 Å². The molecule has 3 aliphatic rings. The van der Waals surface area contributed by atoms with E-state index in [2.05, 4.69) is 61.5 Å². The van der Waals surface area contributed by atoms with Gasteiger partial charge in [-0.05, 0) is 42.5 Å². The molecule has 0 unspecified atom stereocenters. The van der Waals surface area contributed by atoms with Crippen LogP contribution in [0.1, 0.15) is 54.2 Å². The first kappa shape index (κ1) is 17.6. The van der Waals surface area contributed by atoms with E-state index in [0.717, 1.165) is 23.1 Å². The van der Waals surface area contributed by atoms with Crippen molar-refractivity contribution in [2.75, 3.05) is 0 Å². The fourth-order valence-corrected chi connectivity index (χ4v) is 4.71.